The van der Waals surface area contributed by atoms with E-state index in [9.17, 15) is 9.59 Å². The van der Waals surface area contributed by atoms with E-state index in [1.165, 1.54) is 13.0 Å². The summed E-state index contributed by atoms with van der Waals surface area (Å²) < 4.78 is 0. The first-order valence-electron chi connectivity index (χ1n) is 4.17. The van der Waals surface area contributed by atoms with Crippen molar-refractivity contribution in [2.24, 2.45) is 5.16 Å². The summed E-state index contributed by atoms with van der Waals surface area (Å²) in [5.41, 5.74) is 1.79. The molecule has 0 heterocycles. The van der Waals surface area contributed by atoms with Crippen LogP contribution in [-0.2, 0) is 14.4 Å². The van der Waals surface area contributed by atoms with Crippen LogP contribution < -0.4 is 0 Å². The Morgan fingerprint density at radius 2 is 1.93 bits per heavy atom. The number of nitrogens with zero attached hydrogens (tertiary/aromatic N) is 1. The molecule has 1 rings (SSSR count). The van der Waals surface area contributed by atoms with Gasteiger partial charge in [0, 0.05) is 6.92 Å². The molecule has 0 fully saturated rings. The zero-order chi connectivity index (χ0) is 10.7. The van der Waals surface area contributed by atoms with E-state index >= 15 is 0 Å². The third-order valence-electron chi connectivity index (χ3n) is 1.77. The zero-order valence-corrected chi connectivity index (χ0v) is 8.33. The van der Waals surface area contributed by atoms with Gasteiger partial charge in [0.25, 0.3) is 0 Å². The van der Waals surface area contributed by atoms with Crippen LogP contribution >= 0.6 is 0 Å². The molecular formula is C10H11NO3. The average molecular weight is 193 g/mol. The van der Waals surface area contributed by atoms with Crippen molar-refractivity contribution in [1.82, 2.24) is 0 Å². The predicted octanol–water partition coefficient (Wildman–Crippen LogP) is 1.38. The average Bonchev–Trinajstić information content (AvgIpc) is 2.09. The van der Waals surface area contributed by atoms with Crippen molar-refractivity contribution in [2.75, 3.05) is 0 Å². The molecule has 0 atom stereocenters. The molecule has 0 aromatic carbocycles. The molecule has 0 aromatic rings. The Kier molecular flexibility index (Phi) is 2.96. The summed E-state index contributed by atoms with van der Waals surface area (Å²) in [6.45, 7) is 4.70. The van der Waals surface area contributed by atoms with E-state index in [2.05, 4.69) is 9.99 Å². The van der Waals surface area contributed by atoms with Gasteiger partial charge in [-0.3, -0.25) is 4.79 Å². The van der Waals surface area contributed by atoms with E-state index in [-0.39, 0.29) is 5.78 Å². The zero-order valence-electron chi connectivity index (χ0n) is 8.33. The van der Waals surface area contributed by atoms with E-state index in [1.807, 2.05) is 0 Å². The number of ketones is 1. The summed E-state index contributed by atoms with van der Waals surface area (Å²) in [5.74, 6) is -0.516. The van der Waals surface area contributed by atoms with Crippen molar-refractivity contribution in [2.45, 2.75) is 20.8 Å². The van der Waals surface area contributed by atoms with Crippen molar-refractivity contribution in [1.29, 1.82) is 0 Å². The summed E-state index contributed by atoms with van der Waals surface area (Å²) in [7, 11) is 0. The lowest BCUT2D eigenvalue weighted by Crippen LogP contribution is -2.11. The molecule has 0 spiro atoms. The second-order valence-electron chi connectivity index (χ2n) is 3.08. The Labute approximate surface area is 81.9 Å². The Bertz CT molecular complexity index is 375. The highest BCUT2D eigenvalue weighted by atomic mass is 16.7. The van der Waals surface area contributed by atoms with Crippen molar-refractivity contribution >= 4 is 17.5 Å². The van der Waals surface area contributed by atoms with Crippen LogP contribution in [0, 0.1) is 0 Å². The summed E-state index contributed by atoms with van der Waals surface area (Å²) in [4.78, 5) is 26.2. The highest BCUT2D eigenvalue weighted by Crippen LogP contribution is 2.11. The molecule has 0 amide bonds. The summed E-state index contributed by atoms with van der Waals surface area (Å²) in [5, 5.41) is 3.62. The predicted molar refractivity (Wildman–Crippen MR) is 51.7 cm³/mol. The van der Waals surface area contributed by atoms with Gasteiger partial charge in [-0.05, 0) is 37.1 Å². The minimum Gasteiger partial charge on any atom is -0.318 e. The highest BCUT2D eigenvalue weighted by molar-refractivity contribution is 6.21. The van der Waals surface area contributed by atoms with Gasteiger partial charge < -0.3 is 4.84 Å². The van der Waals surface area contributed by atoms with Crippen LogP contribution in [0.25, 0.3) is 0 Å². The van der Waals surface area contributed by atoms with E-state index in [0.29, 0.717) is 16.9 Å². The fourth-order valence-corrected chi connectivity index (χ4v) is 0.986. The van der Waals surface area contributed by atoms with Gasteiger partial charge in [0.2, 0.25) is 0 Å². The van der Waals surface area contributed by atoms with E-state index in [4.69, 9.17) is 0 Å². The van der Waals surface area contributed by atoms with E-state index in [1.54, 1.807) is 19.9 Å². The second kappa shape index (κ2) is 4.00. The SMILES string of the molecule is CC(=O)O/N=C1/C=C(C)C(=O)C=C1C. The van der Waals surface area contributed by atoms with Crippen LogP contribution in [0.5, 0.6) is 0 Å². The van der Waals surface area contributed by atoms with E-state index in [0.717, 1.165) is 0 Å². The Morgan fingerprint density at radius 3 is 2.50 bits per heavy atom. The number of hydrogen-bond donors (Lipinski definition) is 0. The Hall–Kier alpha value is -1.71. The molecule has 0 N–H and O–H groups in total. The molecule has 0 bridgehead atoms. The maximum Gasteiger partial charge on any atom is 0.332 e. The van der Waals surface area contributed by atoms with Crippen LogP contribution in [0.4, 0.5) is 0 Å². The van der Waals surface area contributed by atoms with Crippen LogP contribution in [-0.4, -0.2) is 17.5 Å². The Balaban J connectivity index is 2.90. The third-order valence-corrected chi connectivity index (χ3v) is 1.77. The molecule has 0 aliphatic heterocycles. The fraction of sp³-hybridized carbons (Fsp3) is 0.300. The first-order valence-corrected chi connectivity index (χ1v) is 4.17. The van der Waals surface area contributed by atoms with Crippen molar-refractivity contribution < 1.29 is 14.4 Å². The van der Waals surface area contributed by atoms with E-state index < -0.39 is 5.97 Å². The van der Waals surface area contributed by atoms with Gasteiger partial charge in [-0.2, -0.15) is 0 Å². The van der Waals surface area contributed by atoms with Gasteiger partial charge in [0.05, 0.1) is 0 Å². The lowest BCUT2D eigenvalue weighted by atomic mass is 9.99. The minimum atomic E-state index is -0.478. The highest BCUT2D eigenvalue weighted by Gasteiger charge is 2.13. The smallest absolute Gasteiger partial charge is 0.318 e. The normalized spacial score (nSPS) is 19.1. The second-order valence-corrected chi connectivity index (χ2v) is 3.08. The largest absolute Gasteiger partial charge is 0.332 e. The number of oxime groups is 1. The number of hydrogen-bond acceptors (Lipinski definition) is 4. The van der Waals surface area contributed by atoms with Crippen molar-refractivity contribution in [3.05, 3.63) is 23.3 Å². The lowest BCUT2D eigenvalue weighted by molar-refractivity contribution is -0.140. The molecular weight excluding hydrogens is 182 g/mol. The van der Waals surface area contributed by atoms with Crippen LogP contribution in [0.3, 0.4) is 0 Å². The topological polar surface area (TPSA) is 55.7 Å². The molecule has 4 nitrogen and oxygen atoms in total. The summed E-state index contributed by atoms with van der Waals surface area (Å²) in [6.07, 6.45) is 3.07. The first-order chi connectivity index (χ1) is 6.50. The van der Waals surface area contributed by atoms with Gasteiger partial charge >= 0.3 is 5.97 Å². The fourth-order valence-electron chi connectivity index (χ4n) is 0.986. The number of carbonyl (C=O) groups excluding carboxylic acids is 2. The number of carbonyl (C=O) groups is 2. The monoisotopic (exact) mass is 193 g/mol. The molecule has 1 aliphatic carbocycles. The van der Waals surface area contributed by atoms with Crippen LogP contribution in [0.1, 0.15) is 20.8 Å². The molecule has 0 radical (unpaired) electrons. The summed E-state index contributed by atoms with van der Waals surface area (Å²) >= 11 is 0. The molecule has 0 saturated carbocycles. The molecule has 0 unspecified atom stereocenters. The molecule has 1 aliphatic rings. The van der Waals surface area contributed by atoms with Crippen molar-refractivity contribution in [3.8, 4) is 0 Å². The standard InChI is InChI=1S/C10H11NO3/c1-6-5-10(13)7(2)4-9(6)11-14-8(3)12/h4-5H,1-3H3/b11-9-. The molecule has 14 heavy (non-hydrogen) atoms. The van der Waals surface area contributed by atoms with Gasteiger partial charge in [-0.25, -0.2) is 4.79 Å². The molecule has 0 aromatic heterocycles. The van der Waals surface area contributed by atoms with Crippen LogP contribution in [0.2, 0.25) is 0 Å². The maximum atomic E-state index is 11.2. The minimum absolute atomic E-state index is 0.0377. The maximum absolute atomic E-state index is 11.2. The number of allylic oxidation sites excluding steroid dienone is 4. The Morgan fingerprint density at radius 1 is 1.29 bits per heavy atom. The van der Waals surface area contributed by atoms with Gasteiger partial charge in [-0.15, -0.1) is 0 Å². The molecule has 4 heteroatoms. The summed E-state index contributed by atoms with van der Waals surface area (Å²) in [6, 6.07) is 0. The molecule has 0 saturated heterocycles. The lowest BCUT2D eigenvalue weighted by Gasteiger charge is -2.07. The van der Waals surface area contributed by atoms with Gasteiger partial charge in [0.15, 0.2) is 5.78 Å². The first kappa shape index (κ1) is 10.4. The van der Waals surface area contributed by atoms with Gasteiger partial charge in [0.1, 0.15) is 5.71 Å². The van der Waals surface area contributed by atoms with Crippen LogP contribution in [0.15, 0.2) is 28.5 Å². The van der Waals surface area contributed by atoms with Gasteiger partial charge in [-0.1, -0.05) is 5.16 Å². The third kappa shape index (κ3) is 2.39. The number of rotatable bonds is 1. The quantitative estimate of drug-likeness (QED) is 0.359. The molecule has 74 valence electrons. The van der Waals surface area contributed by atoms with Crippen molar-refractivity contribution in [3.63, 3.8) is 0 Å².